The van der Waals surface area contributed by atoms with E-state index in [9.17, 15) is 0 Å². The number of hydrogen-bond donors (Lipinski definition) is 1. The van der Waals surface area contributed by atoms with E-state index in [2.05, 4.69) is 10.1 Å². The second kappa shape index (κ2) is 2.70. The number of aromatic nitrogens is 3. The van der Waals surface area contributed by atoms with E-state index in [0.29, 0.717) is 17.0 Å². The van der Waals surface area contributed by atoms with Gasteiger partial charge in [-0.15, -0.1) is 0 Å². The molecule has 2 heterocycles. The van der Waals surface area contributed by atoms with Crippen LogP contribution >= 0.6 is 0 Å². The Morgan fingerprint density at radius 2 is 2.21 bits per heavy atom. The lowest BCUT2D eigenvalue weighted by molar-refractivity contribution is 0.925. The molecule has 70 valence electrons. The van der Waals surface area contributed by atoms with Crippen LogP contribution in [0.15, 0.2) is 6.20 Å². The van der Waals surface area contributed by atoms with Gasteiger partial charge in [0.15, 0.2) is 5.65 Å². The SMILES string of the molecule is Cc1nn2c(N)c(C#N)cnc2c1C. The standard InChI is InChI=1S/C9H9N5/c1-5-6(2)13-14-8(11)7(3-10)4-12-9(5)14/h4H,11H2,1-2H3. The topological polar surface area (TPSA) is 80.0 Å². The zero-order valence-corrected chi connectivity index (χ0v) is 7.94. The largest absolute Gasteiger partial charge is 0.382 e. The molecule has 14 heavy (non-hydrogen) atoms. The third kappa shape index (κ3) is 0.941. The molecule has 2 N–H and O–H groups in total. The number of nitrogens with two attached hydrogens (primary N) is 1. The molecule has 5 nitrogen and oxygen atoms in total. The summed E-state index contributed by atoms with van der Waals surface area (Å²) in [5.74, 6) is 0.341. The number of anilines is 1. The van der Waals surface area contributed by atoms with Crippen LogP contribution in [-0.2, 0) is 0 Å². The summed E-state index contributed by atoms with van der Waals surface area (Å²) in [5, 5.41) is 12.9. The molecule has 0 amide bonds. The fraction of sp³-hybridized carbons (Fsp3) is 0.222. The van der Waals surface area contributed by atoms with Gasteiger partial charge in [0, 0.05) is 5.56 Å². The molecule has 0 aliphatic rings. The van der Waals surface area contributed by atoms with Gasteiger partial charge in [0.1, 0.15) is 17.5 Å². The zero-order valence-electron chi connectivity index (χ0n) is 7.94. The highest BCUT2D eigenvalue weighted by Crippen LogP contribution is 2.16. The molecule has 5 heteroatoms. The highest BCUT2D eigenvalue weighted by Gasteiger charge is 2.10. The Bertz CT molecular complexity index is 546. The van der Waals surface area contributed by atoms with Gasteiger partial charge >= 0.3 is 0 Å². The molecule has 0 saturated carbocycles. The Morgan fingerprint density at radius 1 is 1.50 bits per heavy atom. The molecule has 0 saturated heterocycles. The molecule has 2 aromatic heterocycles. The monoisotopic (exact) mass is 187 g/mol. The first-order chi connectivity index (χ1) is 6.65. The van der Waals surface area contributed by atoms with E-state index < -0.39 is 0 Å². The van der Waals surface area contributed by atoms with Gasteiger partial charge in [0.05, 0.1) is 11.9 Å². The van der Waals surface area contributed by atoms with Crippen LogP contribution < -0.4 is 5.73 Å². The average molecular weight is 187 g/mol. The fourth-order valence-corrected chi connectivity index (χ4v) is 1.30. The van der Waals surface area contributed by atoms with Gasteiger partial charge in [-0.25, -0.2) is 4.98 Å². The highest BCUT2D eigenvalue weighted by atomic mass is 15.3. The van der Waals surface area contributed by atoms with E-state index >= 15 is 0 Å². The summed E-state index contributed by atoms with van der Waals surface area (Å²) in [5.41, 5.74) is 8.67. The van der Waals surface area contributed by atoms with Crippen molar-refractivity contribution in [1.82, 2.24) is 14.6 Å². The predicted octanol–water partition coefficient (Wildman–Crippen LogP) is 0.800. The molecule has 0 fully saturated rings. The van der Waals surface area contributed by atoms with E-state index in [1.807, 2.05) is 19.9 Å². The van der Waals surface area contributed by atoms with Crippen molar-refractivity contribution in [2.45, 2.75) is 13.8 Å². The summed E-state index contributed by atoms with van der Waals surface area (Å²) in [6.07, 6.45) is 1.47. The Labute approximate surface area is 80.8 Å². The Kier molecular flexibility index (Phi) is 1.64. The molecule has 0 unspecified atom stereocenters. The quantitative estimate of drug-likeness (QED) is 0.661. The molecule has 2 aromatic rings. The van der Waals surface area contributed by atoms with Crippen LogP contribution in [0.4, 0.5) is 5.82 Å². The van der Waals surface area contributed by atoms with Gasteiger partial charge in [-0.1, -0.05) is 0 Å². The number of rotatable bonds is 0. The van der Waals surface area contributed by atoms with E-state index in [4.69, 9.17) is 11.0 Å². The summed E-state index contributed by atoms with van der Waals surface area (Å²) in [4.78, 5) is 4.13. The first-order valence-electron chi connectivity index (χ1n) is 4.15. The van der Waals surface area contributed by atoms with Crippen molar-refractivity contribution < 1.29 is 0 Å². The highest BCUT2D eigenvalue weighted by molar-refractivity contribution is 5.58. The third-order valence-corrected chi connectivity index (χ3v) is 2.27. The summed E-state index contributed by atoms with van der Waals surface area (Å²) in [7, 11) is 0. The molecule has 0 aromatic carbocycles. The van der Waals surface area contributed by atoms with Crippen LogP contribution in [-0.4, -0.2) is 14.6 Å². The lowest BCUT2D eigenvalue weighted by atomic mass is 10.3. The van der Waals surface area contributed by atoms with Crippen molar-refractivity contribution in [1.29, 1.82) is 5.26 Å². The average Bonchev–Trinajstić information content (AvgIpc) is 2.46. The summed E-state index contributed by atoms with van der Waals surface area (Å²) < 4.78 is 1.50. The van der Waals surface area contributed by atoms with Gasteiger partial charge in [-0.05, 0) is 13.8 Å². The second-order valence-electron chi connectivity index (χ2n) is 3.11. The van der Waals surface area contributed by atoms with E-state index in [0.717, 1.165) is 11.3 Å². The smallest absolute Gasteiger partial charge is 0.160 e. The number of nitrogen functional groups attached to an aromatic ring is 1. The first kappa shape index (κ1) is 8.51. The van der Waals surface area contributed by atoms with Crippen molar-refractivity contribution in [2.75, 3.05) is 5.73 Å². The second-order valence-corrected chi connectivity index (χ2v) is 3.11. The molecule has 0 aliphatic heterocycles. The van der Waals surface area contributed by atoms with Gasteiger partial charge in [0.2, 0.25) is 0 Å². The molecule has 2 rings (SSSR count). The van der Waals surface area contributed by atoms with E-state index in [1.54, 1.807) is 0 Å². The van der Waals surface area contributed by atoms with E-state index in [1.165, 1.54) is 10.7 Å². The molecular weight excluding hydrogens is 178 g/mol. The lowest BCUT2D eigenvalue weighted by Gasteiger charge is -1.99. The summed E-state index contributed by atoms with van der Waals surface area (Å²) >= 11 is 0. The van der Waals surface area contributed by atoms with E-state index in [-0.39, 0.29) is 0 Å². The maximum absolute atomic E-state index is 8.74. The van der Waals surface area contributed by atoms with Crippen molar-refractivity contribution in [3.63, 3.8) is 0 Å². The van der Waals surface area contributed by atoms with Crippen molar-refractivity contribution in [2.24, 2.45) is 0 Å². The maximum Gasteiger partial charge on any atom is 0.160 e. The molecule has 0 aliphatic carbocycles. The Morgan fingerprint density at radius 3 is 2.86 bits per heavy atom. The predicted molar refractivity (Wildman–Crippen MR) is 51.6 cm³/mol. The molecule has 0 bridgehead atoms. The maximum atomic E-state index is 8.74. The zero-order chi connectivity index (χ0) is 10.3. The van der Waals surface area contributed by atoms with Crippen LogP contribution in [0, 0.1) is 25.2 Å². The van der Waals surface area contributed by atoms with Crippen LogP contribution in [0.3, 0.4) is 0 Å². The summed E-state index contributed by atoms with van der Waals surface area (Å²) in [6.45, 7) is 3.81. The fourth-order valence-electron chi connectivity index (χ4n) is 1.30. The molecule has 0 radical (unpaired) electrons. The third-order valence-electron chi connectivity index (χ3n) is 2.27. The molecule has 0 atom stereocenters. The van der Waals surface area contributed by atoms with Gasteiger partial charge < -0.3 is 5.73 Å². The van der Waals surface area contributed by atoms with Crippen LogP contribution in [0.25, 0.3) is 5.65 Å². The van der Waals surface area contributed by atoms with Gasteiger partial charge in [-0.3, -0.25) is 0 Å². The number of fused-ring (bicyclic) bond motifs is 1. The van der Waals surface area contributed by atoms with Crippen molar-refractivity contribution in [3.05, 3.63) is 23.0 Å². The molecule has 0 spiro atoms. The number of nitriles is 1. The van der Waals surface area contributed by atoms with Crippen LogP contribution in [0.1, 0.15) is 16.8 Å². The Hall–Kier alpha value is -2.09. The van der Waals surface area contributed by atoms with Crippen LogP contribution in [0.5, 0.6) is 0 Å². The van der Waals surface area contributed by atoms with Gasteiger partial charge in [0.25, 0.3) is 0 Å². The number of hydrogen-bond acceptors (Lipinski definition) is 4. The minimum atomic E-state index is 0.341. The number of aryl methyl sites for hydroxylation is 2. The first-order valence-corrected chi connectivity index (χ1v) is 4.15. The lowest BCUT2D eigenvalue weighted by Crippen LogP contribution is -2.03. The molecular formula is C9H9N5. The Balaban J connectivity index is 2.92. The minimum Gasteiger partial charge on any atom is -0.382 e. The summed E-state index contributed by atoms with van der Waals surface area (Å²) in [6, 6.07) is 1.97. The van der Waals surface area contributed by atoms with Gasteiger partial charge in [-0.2, -0.15) is 14.9 Å². The van der Waals surface area contributed by atoms with Crippen molar-refractivity contribution >= 4 is 11.5 Å². The minimum absolute atomic E-state index is 0.341. The van der Waals surface area contributed by atoms with Crippen molar-refractivity contribution in [3.8, 4) is 6.07 Å². The van der Waals surface area contributed by atoms with Crippen LogP contribution in [0.2, 0.25) is 0 Å². The number of nitrogens with zero attached hydrogens (tertiary/aromatic N) is 4. The normalized spacial score (nSPS) is 10.4.